The van der Waals surface area contributed by atoms with Gasteiger partial charge in [0.25, 0.3) is 0 Å². The maximum absolute atomic E-state index is 13.7. The van der Waals surface area contributed by atoms with Gasteiger partial charge in [-0.15, -0.1) is 11.8 Å². The molecule has 6 heteroatoms. The summed E-state index contributed by atoms with van der Waals surface area (Å²) in [5, 5.41) is 2.97. The Balaban J connectivity index is 1.72. The number of nitrogens with one attached hydrogen (secondary N) is 1. The van der Waals surface area contributed by atoms with Gasteiger partial charge < -0.3 is 10.2 Å². The number of carbonyl (C=O) groups excluding carboxylic acids is 1. The fraction of sp³-hybridized carbons (Fsp3) is 0.188. The molecule has 0 atom stereocenters. The third kappa shape index (κ3) is 3.36. The molecule has 114 valence electrons. The standard InChI is InChI=1S/C16H14ClFN2OS/c17-11-5-6-12(18)13(9-11)19-16(21)10-20-7-8-22-15-4-2-1-3-14(15)20/h1-6,9H,7-8,10H2,(H,19,21). The van der Waals surface area contributed by atoms with Gasteiger partial charge >= 0.3 is 0 Å². The zero-order chi connectivity index (χ0) is 15.5. The molecule has 3 rings (SSSR count). The molecule has 1 amide bonds. The van der Waals surface area contributed by atoms with Crippen LogP contribution in [0.1, 0.15) is 0 Å². The normalized spacial score (nSPS) is 13.6. The second kappa shape index (κ2) is 6.58. The summed E-state index contributed by atoms with van der Waals surface area (Å²) in [4.78, 5) is 15.4. The molecule has 22 heavy (non-hydrogen) atoms. The monoisotopic (exact) mass is 336 g/mol. The molecule has 2 aromatic carbocycles. The molecule has 1 aliphatic heterocycles. The summed E-state index contributed by atoms with van der Waals surface area (Å²) in [7, 11) is 0. The minimum atomic E-state index is -0.493. The Labute approximate surface area is 137 Å². The van der Waals surface area contributed by atoms with Crippen LogP contribution in [0, 0.1) is 5.82 Å². The fourth-order valence-electron chi connectivity index (χ4n) is 2.35. The summed E-state index contributed by atoms with van der Waals surface area (Å²) < 4.78 is 13.7. The van der Waals surface area contributed by atoms with E-state index >= 15 is 0 Å². The van der Waals surface area contributed by atoms with Crippen LogP contribution in [-0.4, -0.2) is 24.7 Å². The number of amides is 1. The van der Waals surface area contributed by atoms with E-state index in [0.717, 1.165) is 22.9 Å². The predicted octanol–water partition coefficient (Wildman–Crippen LogP) is 4.03. The molecule has 0 saturated heterocycles. The zero-order valence-corrected chi connectivity index (χ0v) is 13.3. The van der Waals surface area contributed by atoms with Gasteiger partial charge in [0, 0.05) is 22.2 Å². The Kier molecular flexibility index (Phi) is 4.55. The van der Waals surface area contributed by atoms with Gasteiger partial charge in [-0.05, 0) is 30.3 Å². The minimum absolute atomic E-state index is 0.108. The van der Waals surface area contributed by atoms with Crippen molar-refractivity contribution in [3.63, 3.8) is 0 Å². The molecule has 0 saturated carbocycles. The van der Waals surface area contributed by atoms with Crippen LogP contribution in [0.15, 0.2) is 47.4 Å². The van der Waals surface area contributed by atoms with E-state index < -0.39 is 5.82 Å². The number of hydrogen-bond donors (Lipinski definition) is 1. The van der Waals surface area contributed by atoms with E-state index in [1.165, 1.54) is 18.2 Å². The molecule has 0 bridgehead atoms. The van der Waals surface area contributed by atoms with Gasteiger partial charge in [0.15, 0.2) is 0 Å². The van der Waals surface area contributed by atoms with Crippen molar-refractivity contribution in [1.82, 2.24) is 0 Å². The first kappa shape index (κ1) is 15.2. The summed E-state index contributed by atoms with van der Waals surface area (Å²) in [6.07, 6.45) is 0. The molecule has 1 aliphatic rings. The van der Waals surface area contributed by atoms with Crippen molar-refractivity contribution in [1.29, 1.82) is 0 Å². The van der Waals surface area contributed by atoms with Crippen molar-refractivity contribution >= 4 is 40.6 Å². The lowest BCUT2D eigenvalue weighted by molar-refractivity contribution is -0.115. The molecular weight excluding hydrogens is 323 g/mol. The number of para-hydroxylation sites is 1. The van der Waals surface area contributed by atoms with Crippen LogP contribution < -0.4 is 10.2 Å². The Morgan fingerprint density at radius 1 is 1.32 bits per heavy atom. The molecular formula is C16H14ClFN2OS. The average Bonchev–Trinajstić information content (AvgIpc) is 2.51. The molecule has 0 spiro atoms. The first-order chi connectivity index (χ1) is 10.6. The van der Waals surface area contributed by atoms with E-state index in [-0.39, 0.29) is 18.1 Å². The van der Waals surface area contributed by atoms with Crippen LogP contribution in [0.5, 0.6) is 0 Å². The van der Waals surface area contributed by atoms with Crippen molar-refractivity contribution in [2.75, 3.05) is 29.1 Å². The topological polar surface area (TPSA) is 32.3 Å². The fourth-order valence-corrected chi connectivity index (χ4v) is 3.57. The van der Waals surface area contributed by atoms with Crippen molar-refractivity contribution in [2.24, 2.45) is 0 Å². The highest BCUT2D eigenvalue weighted by Crippen LogP contribution is 2.34. The van der Waals surface area contributed by atoms with E-state index in [9.17, 15) is 9.18 Å². The molecule has 0 radical (unpaired) electrons. The molecule has 0 aromatic heterocycles. The summed E-state index contributed by atoms with van der Waals surface area (Å²) in [5.41, 5.74) is 1.15. The maximum Gasteiger partial charge on any atom is 0.243 e. The molecule has 0 aliphatic carbocycles. The van der Waals surface area contributed by atoms with E-state index in [1.54, 1.807) is 11.8 Å². The Morgan fingerprint density at radius 2 is 2.14 bits per heavy atom. The number of thioether (sulfide) groups is 1. The Hall–Kier alpha value is -1.72. The second-order valence-corrected chi connectivity index (χ2v) is 6.48. The van der Waals surface area contributed by atoms with Crippen molar-refractivity contribution in [3.8, 4) is 0 Å². The molecule has 1 N–H and O–H groups in total. The smallest absolute Gasteiger partial charge is 0.243 e. The van der Waals surface area contributed by atoms with Gasteiger partial charge in [0.2, 0.25) is 5.91 Å². The highest BCUT2D eigenvalue weighted by atomic mass is 35.5. The minimum Gasteiger partial charge on any atom is -0.360 e. The number of fused-ring (bicyclic) bond motifs is 1. The number of halogens is 2. The lowest BCUT2D eigenvalue weighted by Gasteiger charge is -2.30. The van der Waals surface area contributed by atoms with Crippen LogP contribution in [0.3, 0.4) is 0 Å². The number of carbonyl (C=O) groups is 1. The summed E-state index contributed by atoms with van der Waals surface area (Å²) in [6, 6.07) is 12.1. The quantitative estimate of drug-likeness (QED) is 0.918. The van der Waals surface area contributed by atoms with Gasteiger partial charge in [0.1, 0.15) is 5.82 Å². The van der Waals surface area contributed by atoms with Crippen LogP contribution in [0.4, 0.5) is 15.8 Å². The van der Waals surface area contributed by atoms with E-state index in [0.29, 0.717) is 5.02 Å². The van der Waals surface area contributed by atoms with Gasteiger partial charge in [-0.3, -0.25) is 4.79 Å². The van der Waals surface area contributed by atoms with Crippen LogP contribution in [0.25, 0.3) is 0 Å². The Morgan fingerprint density at radius 3 is 3.00 bits per heavy atom. The van der Waals surface area contributed by atoms with Crippen molar-refractivity contribution in [3.05, 3.63) is 53.3 Å². The average molecular weight is 337 g/mol. The third-order valence-corrected chi connectivity index (χ3v) is 4.64. The van der Waals surface area contributed by atoms with Gasteiger partial charge in [-0.2, -0.15) is 0 Å². The number of anilines is 2. The second-order valence-electron chi connectivity index (χ2n) is 4.91. The molecule has 3 nitrogen and oxygen atoms in total. The van der Waals surface area contributed by atoms with Gasteiger partial charge in [-0.1, -0.05) is 23.7 Å². The van der Waals surface area contributed by atoms with Crippen LogP contribution >= 0.6 is 23.4 Å². The number of rotatable bonds is 3. The summed E-state index contributed by atoms with van der Waals surface area (Å²) in [5.74, 6) is 0.172. The van der Waals surface area contributed by atoms with Crippen LogP contribution in [-0.2, 0) is 4.79 Å². The third-order valence-electron chi connectivity index (χ3n) is 3.36. The lowest BCUT2D eigenvalue weighted by atomic mass is 10.2. The van der Waals surface area contributed by atoms with E-state index in [4.69, 9.17) is 11.6 Å². The first-order valence-electron chi connectivity index (χ1n) is 6.85. The van der Waals surface area contributed by atoms with E-state index in [2.05, 4.69) is 5.32 Å². The van der Waals surface area contributed by atoms with Crippen molar-refractivity contribution < 1.29 is 9.18 Å². The zero-order valence-electron chi connectivity index (χ0n) is 11.7. The predicted molar refractivity (Wildman–Crippen MR) is 89.4 cm³/mol. The largest absolute Gasteiger partial charge is 0.360 e. The Bertz CT molecular complexity index is 710. The van der Waals surface area contributed by atoms with E-state index in [1.807, 2.05) is 29.2 Å². The molecule has 2 aromatic rings. The van der Waals surface area contributed by atoms with Crippen molar-refractivity contribution in [2.45, 2.75) is 4.90 Å². The first-order valence-corrected chi connectivity index (χ1v) is 8.21. The number of nitrogens with zero attached hydrogens (tertiary/aromatic N) is 1. The van der Waals surface area contributed by atoms with Gasteiger partial charge in [-0.25, -0.2) is 4.39 Å². The lowest BCUT2D eigenvalue weighted by Crippen LogP contribution is -2.36. The molecule has 1 heterocycles. The summed E-state index contributed by atoms with van der Waals surface area (Å²) in [6.45, 7) is 0.969. The highest BCUT2D eigenvalue weighted by molar-refractivity contribution is 7.99. The molecule has 0 unspecified atom stereocenters. The number of hydrogen-bond acceptors (Lipinski definition) is 3. The SMILES string of the molecule is O=C(CN1CCSc2ccccc21)Nc1cc(Cl)ccc1F. The maximum atomic E-state index is 13.7. The summed E-state index contributed by atoms with van der Waals surface area (Å²) >= 11 is 7.61. The number of benzene rings is 2. The van der Waals surface area contributed by atoms with Gasteiger partial charge in [0.05, 0.1) is 17.9 Å². The van der Waals surface area contributed by atoms with Crippen LogP contribution in [0.2, 0.25) is 5.02 Å². The molecule has 0 fully saturated rings. The highest BCUT2D eigenvalue weighted by Gasteiger charge is 2.19.